The topological polar surface area (TPSA) is 76.0 Å². The van der Waals surface area contributed by atoms with Crippen molar-refractivity contribution in [1.82, 2.24) is 19.8 Å². The lowest BCUT2D eigenvalue weighted by Crippen LogP contribution is -2.35. The van der Waals surface area contributed by atoms with Gasteiger partial charge in [-0.25, -0.2) is 13.1 Å². The molecule has 2 rings (SSSR count). The molecule has 6 nitrogen and oxygen atoms in total. The molecular formula is C12H22N4O2S. The maximum absolute atomic E-state index is 12.5. The fourth-order valence-electron chi connectivity index (χ4n) is 2.56. The Morgan fingerprint density at radius 2 is 2.05 bits per heavy atom. The summed E-state index contributed by atoms with van der Waals surface area (Å²) in [4.78, 5) is 0.326. The van der Waals surface area contributed by atoms with Crippen molar-refractivity contribution in [3.63, 3.8) is 0 Å². The summed E-state index contributed by atoms with van der Waals surface area (Å²) in [6.07, 6.45) is 2.71. The largest absolute Gasteiger partial charge is 0.317 e. The number of aryl methyl sites for hydroxylation is 2. The normalized spacial score (nSPS) is 21.3. The molecule has 1 aromatic rings. The van der Waals surface area contributed by atoms with Gasteiger partial charge in [-0.1, -0.05) is 0 Å². The fourth-order valence-corrected chi connectivity index (χ4v) is 4.30. The molecule has 0 spiro atoms. The van der Waals surface area contributed by atoms with Gasteiger partial charge in [0.05, 0.1) is 11.4 Å². The minimum absolute atomic E-state index is 0.0130. The van der Waals surface area contributed by atoms with E-state index in [0.29, 0.717) is 16.3 Å². The van der Waals surface area contributed by atoms with Crippen LogP contribution in [0.2, 0.25) is 0 Å². The number of nitrogens with one attached hydrogen (secondary N) is 2. The molecule has 0 saturated carbocycles. The Hall–Kier alpha value is -0.920. The first kappa shape index (κ1) is 14.5. The third kappa shape index (κ3) is 3.16. The summed E-state index contributed by atoms with van der Waals surface area (Å²) >= 11 is 0. The lowest BCUT2D eigenvalue weighted by molar-refractivity contribution is 0.517. The van der Waals surface area contributed by atoms with Gasteiger partial charge >= 0.3 is 0 Å². The quantitative estimate of drug-likeness (QED) is 0.846. The van der Waals surface area contributed by atoms with Crippen molar-refractivity contribution in [3.8, 4) is 0 Å². The number of hydrogen-bond donors (Lipinski definition) is 2. The molecule has 2 heterocycles. The molecule has 1 unspecified atom stereocenters. The van der Waals surface area contributed by atoms with Gasteiger partial charge in [-0.15, -0.1) is 0 Å². The van der Waals surface area contributed by atoms with Gasteiger partial charge in [-0.2, -0.15) is 5.10 Å². The van der Waals surface area contributed by atoms with E-state index in [-0.39, 0.29) is 6.04 Å². The van der Waals surface area contributed by atoms with Crippen LogP contribution in [0.15, 0.2) is 4.90 Å². The van der Waals surface area contributed by atoms with Crippen LogP contribution in [0, 0.1) is 13.8 Å². The molecule has 0 radical (unpaired) electrons. The number of aromatic nitrogens is 2. The van der Waals surface area contributed by atoms with Crippen molar-refractivity contribution in [2.24, 2.45) is 7.05 Å². The SMILES string of the molecule is Cc1nn(C)c(C)c1S(=O)(=O)NC1CCCNCC1. The highest BCUT2D eigenvalue weighted by molar-refractivity contribution is 7.89. The number of sulfonamides is 1. The molecule has 108 valence electrons. The van der Waals surface area contributed by atoms with E-state index in [1.54, 1.807) is 25.6 Å². The second-order valence-corrected chi connectivity index (χ2v) is 6.77. The summed E-state index contributed by atoms with van der Waals surface area (Å²) in [7, 11) is -1.72. The van der Waals surface area contributed by atoms with Crippen molar-refractivity contribution in [3.05, 3.63) is 11.4 Å². The average molecular weight is 286 g/mol. The smallest absolute Gasteiger partial charge is 0.244 e. The zero-order valence-electron chi connectivity index (χ0n) is 11.7. The van der Waals surface area contributed by atoms with Crippen LogP contribution in [-0.4, -0.2) is 37.3 Å². The van der Waals surface area contributed by atoms with Gasteiger partial charge in [0, 0.05) is 13.1 Å². The minimum atomic E-state index is -3.48. The van der Waals surface area contributed by atoms with Crippen LogP contribution in [0.25, 0.3) is 0 Å². The molecule has 1 saturated heterocycles. The second kappa shape index (κ2) is 5.60. The van der Waals surface area contributed by atoms with Gasteiger partial charge in [0.2, 0.25) is 10.0 Å². The second-order valence-electron chi connectivity index (χ2n) is 5.12. The Morgan fingerprint density at radius 1 is 1.32 bits per heavy atom. The van der Waals surface area contributed by atoms with Gasteiger partial charge in [0.1, 0.15) is 4.90 Å². The van der Waals surface area contributed by atoms with E-state index in [4.69, 9.17) is 0 Å². The Bertz CT molecular complexity index is 542. The van der Waals surface area contributed by atoms with Crippen molar-refractivity contribution in [2.75, 3.05) is 13.1 Å². The molecule has 0 bridgehead atoms. The van der Waals surface area contributed by atoms with Crippen molar-refractivity contribution in [1.29, 1.82) is 0 Å². The maximum atomic E-state index is 12.5. The molecular weight excluding hydrogens is 264 g/mol. The fraction of sp³-hybridized carbons (Fsp3) is 0.750. The molecule has 19 heavy (non-hydrogen) atoms. The molecule has 1 fully saturated rings. The maximum Gasteiger partial charge on any atom is 0.244 e. The zero-order valence-corrected chi connectivity index (χ0v) is 12.5. The number of hydrogen-bond acceptors (Lipinski definition) is 4. The number of nitrogens with zero attached hydrogens (tertiary/aromatic N) is 2. The standard InChI is InChI=1S/C12H22N4O2S/c1-9-12(10(2)16(3)14-9)19(17,18)15-11-5-4-7-13-8-6-11/h11,13,15H,4-8H2,1-3H3. The Morgan fingerprint density at radius 3 is 2.68 bits per heavy atom. The molecule has 1 aromatic heterocycles. The van der Waals surface area contributed by atoms with Crippen LogP contribution >= 0.6 is 0 Å². The first-order valence-corrected chi connectivity index (χ1v) is 8.13. The average Bonchev–Trinajstić information content (AvgIpc) is 2.52. The van der Waals surface area contributed by atoms with Crippen LogP contribution in [0.3, 0.4) is 0 Å². The van der Waals surface area contributed by atoms with E-state index < -0.39 is 10.0 Å². The summed E-state index contributed by atoms with van der Waals surface area (Å²) in [6.45, 7) is 5.33. The molecule has 1 aliphatic heterocycles. The molecule has 1 aliphatic rings. The first-order valence-electron chi connectivity index (χ1n) is 6.65. The van der Waals surface area contributed by atoms with E-state index in [9.17, 15) is 8.42 Å². The molecule has 0 aliphatic carbocycles. The highest BCUT2D eigenvalue weighted by Gasteiger charge is 2.26. The van der Waals surface area contributed by atoms with Crippen LogP contribution in [0.5, 0.6) is 0 Å². The van der Waals surface area contributed by atoms with Crippen LogP contribution in [0.4, 0.5) is 0 Å². The van der Waals surface area contributed by atoms with Gasteiger partial charge < -0.3 is 5.32 Å². The highest BCUT2D eigenvalue weighted by atomic mass is 32.2. The molecule has 0 amide bonds. The Labute approximate surface area is 114 Å². The van der Waals surface area contributed by atoms with E-state index in [1.165, 1.54) is 0 Å². The number of rotatable bonds is 3. The first-order chi connectivity index (χ1) is 8.92. The summed E-state index contributed by atoms with van der Waals surface area (Å²) < 4.78 is 29.4. The lowest BCUT2D eigenvalue weighted by Gasteiger charge is -2.16. The van der Waals surface area contributed by atoms with E-state index >= 15 is 0 Å². The van der Waals surface area contributed by atoms with E-state index in [1.807, 2.05) is 0 Å². The van der Waals surface area contributed by atoms with Crippen LogP contribution < -0.4 is 10.0 Å². The third-order valence-electron chi connectivity index (χ3n) is 3.61. The third-order valence-corrected chi connectivity index (χ3v) is 5.38. The van der Waals surface area contributed by atoms with Gasteiger partial charge in [0.25, 0.3) is 0 Å². The monoisotopic (exact) mass is 286 g/mol. The summed E-state index contributed by atoms with van der Waals surface area (Å²) in [5.41, 5.74) is 1.23. The Balaban J connectivity index is 2.22. The predicted molar refractivity (Wildman–Crippen MR) is 73.5 cm³/mol. The summed E-state index contributed by atoms with van der Waals surface area (Å²) in [5.74, 6) is 0. The summed E-state index contributed by atoms with van der Waals surface area (Å²) in [5, 5.41) is 7.45. The van der Waals surface area contributed by atoms with Crippen LogP contribution in [0.1, 0.15) is 30.7 Å². The van der Waals surface area contributed by atoms with Crippen LogP contribution in [-0.2, 0) is 17.1 Å². The van der Waals surface area contributed by atoms with Gasteiger partial charge in [0.15, 0.2) is 0 Å². The summed E-state index contributed by atoms with van der Waals surface area (Å²) in [6, 6.07) is 0.0130. The van der Waals surface area contributed by atoms with Crippen molar-refractivity contribution >= 4 is 10.0 Å². The van der Waals surface area contributed by atoms with E-state index in [0.717, 1.165) is 32.4 Å². The molecule has 7 heteroatoms. The zero-order chi connectivity index (χ0) is 14.0. The van der Waals surface area contributed by atoms with E-state index in [2.05, 4.69) is 15.1 Å². The lowest BCUT2D eigenvalue weighted by atomic mass is 10.1. The Kier molecular flexibility index (Phi) is 4.27. The van der Waals surface area contributed by atoms with Crippen molar-refractivity contribution in [2.45, 2.75) is 44.0 Å². The molecule has 2 N–H and O–H groups in total. The van der Waals surface area contributed by atoms with Gasteiger partial charge in [-0.3, -0.25) is 4.68 Å². The molecule has 1 atom stereocenters. The predicted octanol–water partition coefficient (Wildman–Crippen LogP) is 0.457. The van der Waals surface area contributed by atoms with Crippen molar-refractivity contribution < 1.29 is 8.42 Å². The molecule has 0 aromatic carbocycles. The van der Waals surface area contributed by atoms with Gasteiger partial charge in [-0.05, 0) is 46.2 Å². The highest BCUT2D eigenvalue weighted by Crippen LogP contribution is 2.20. The minimum Gasteiger partial charge on any atom is -0.317 e.